The third-order valence-corrected chi connectivity index (χ3v) is 6.88. The molecule has 4 nitrogen and oxygen atoms in total. The van der Waals surface area contributed by atoms with Gasteiger partial charge < -0.3 is 14.2 Å². The molecule has 7 heteroatoms. The molecule has 0 amide bonds. The van der Waals surface area contributed by atoms with Crippen molar-refractivity contribution in [3.05, 3.63) is 0 Å². The molecule has 0 aliphatic heterocycles. The second-order valence-electron chi connectivity index (χ2n) is 3.09. The molecular formula is C9H19O4PS2. The summed E-state index contributed by atoms with van der Waals surface area (Å²) >= 11 is 6.65. The van der Waals surface area contributed by atoms with Gasteiger partial charge in [0.1, 0.15) is 0 Å². The molecule has 0 spiro atoms. The largest absolute Gasteiger partial charge is 0.481 e. The van der Waals surface area contributed by atoms with Crippen LogP contribution >= 0.6 is 17.1 Å². The molecule has 0 aromatic heterocycles. The summed E-state index contributed by atoms with van der Waals surface area (Å²) in [5.41, 5.74) is -2.32. The number of rotatable bonds is 10. The standard InChI is InChI=1S/C9H19O4PS2/c1-3-6-12-14(15,13-7-4-2)16-8-5-9(10)11/h3-8H2,1-2H3,(H,10,11). The van der Waals surface area contributed by atoms with E-state index >= 15 is 0 Å². The smallest absolute Gasteiger partial charge is 0.304 e. The van der Waals surface area contributed by atoms with E-state index < -0.39 is 11.7 Å². The van der Waals surface area contributed by atoms with Crippen molar-refractivity contribution < 1.29 is 18.9 Å². The Kier molecular flexibility index (Phi) is 9.65. The zero-order valence-electron chi connectivity index (χ0n) is 9.68. The Balaban J connectivity index is 4.07. The molecule has 16 heavy (non-hydrogen) atoms. The molecule has 0 saturated heterocycles. The first-order valence-electron chi connectivity index (χ1n) is 5.29. The van der Waals surface area contributed by atoms with Crippen molar-refractivity contribution in [2.75, 3.05) is 19.0 Å². The highest BCUT2D eigenvalue weighted by Crippen LogP contribution is 2.61. The van der Waals surface area contributed by atoms with Crippen LogP contribution < -0.4 is 0 Å². The van der Waals surface area contributed by atoms with Gasteiger partial charge in [-0.3, -0.25) is 4.79 Å². The molecule has 0 radical (unpaired) electrons. The Labute approximate surface area is 106 Å². The molecule has 96 valence electrons. The van der Waals surface area contributed by atoms with Crippen molar-refractivity contribution in [3.8, 4) is 0 Å². The van der Waals surface area contributed by atoms with Crippen LogP contribution in [0.1, 0.15) is 33.1 Å². The number of aliphatic carboxylic acids is 1. The predicted molar refractivity (Wildman–Crippen MR) is 71.5 cm³/mol. The van der Waals surface area contributed by atoms with E-state index in [1.807, 2.05) is 13.8 Å². The third kappa shape index (κ3) is 8.53. The highest BCUT2D eigenvalue weighted by molar-refractivity contribution is 8.67. The first-order valence-corrected chi connectivity index (χ1v) is 9.52. The Morgan fingerprint density at radius 2 is 1.81 bits per heavy atom. The molecule has 0 aromatic rings. The summed E-state index contributed by atoms with van der Waals surface area (Å²) < 4.78 is 11.1. The average molecular weight is 286 g/mol. The first kappa shape index (κ1) is 16.4. The minimum Gasteiger partial charge on any atom is -0.481 e. The van der Waals surface area contributed by atoms with Gasteiger partial charge in [-0.2, -0.15) is 0 Å². The van der Waals surface area contributed by atoms with E-state index in [0.717, 1.165) is 12.8 Å². The maximum absolute atomic E-state index is 10.4. The van der Waals surface area contributed by atoms with Crippen LogP contribution in [0.2, 0.25) is 0 Å². The maximum Gasteiger partial charge on any atom is 0.304 e. The molecule has 1 N–H and O–H groups in total. The average Bonchev–Trinajstić information content (AvgIpc) is 2.23. The summed E-state index contributed by atoms with van der Waals surface area (Å²) in [7, 11) is 0. The lowest BCUT2D eigenvalue weighted by molar-refractivity contribution is -0.136. The third-order valence-electron chi connectivity index (χ3n) is 1.47. The van der Waals surface area contributed by atoms with Crippen LogP contribution in [0.3, 0.4) is 0 Å². The van der Waals surface area contributed by atoms with Gasteiger partial charge in [0.15, 0.2) is 0 Å². The number of carboxylic acid groups (broad SMARTS) is 1. The van der Waals surface area contributed by atoms with Gasteiger partial charge in [-0.05, 0) is 24.6 Å². The predicted octanol–water partition coefficient (Wildman–Crippen LogP) is 3.27. The molecule has 0 aliphatic rings. The van der Waals surface area contributed by atoms with E-state index in [1.54, 1.807) is 0 Å². The minimum absolute atomic E-state index is 0.0913. The maximum atomic E-state index is 10.4. The van der Waals surface area contributed by atoms with Crippen LogP contribution in [0.5, 0.6) is 0 Å². The van der Waals surface area contributed by atoms with Crippen LogP contribution in [0.25, 0.3) is 0 Å². The van der Waals surface area contributed by atoms with Gasteiger partial charge in [0.25, 0.3) is 0 Å². The van der Waals surface area contributed by atoms with E-state index in [0.29, 0.717) is 19.0 Å². The van der Waals surface area contributed by atoms with Gasteiger partial charge in [-0.15, -0.1) is 0 Å². The Hall–Kier alpha value is 0.390. The summed E-state index contributed by atoms with van der Waals surface area (Å²) in [5.74, 6) is -0.375. The second-order valence-corrected chi connectivity index (χ2v) is 9.52. The monoisotopic (exact) mass is 286 g/mol. The van der Waals surface area contributed by atoms with Crippen molar-refractivity contribution in [2.24, 2.45) is 0 Å². The summed E-state index contributed by atoms with van der Waals surface area (Å²) in [6, 6.07) is 0. The van der Waals surface area contributed by atoms with Crippen molar-refractivity contribution >= 4 is 34.9 Å². The van der Waals surface area contributed by atoms with Gasteiger partial charge in [-0.1, -0.05) is 25.2 Å². The van der Waals surface area contributed by atoms with Crippen molar-refractivity contribution in [2.45, 2.75) is 33.1 Å². The quantitative estimate of drug-likeness (QED) is 0.622. The summed E-state index contributed by atoms with van der Waals surface area (Å²) in [4.78, 5) is 10.4. The molecule has 0 rings (SSSR count). The Morgan fingerprint density at radius 1 is 1.31 bits per heavy atom. The fraction of sp³-hybridized carbons (Fsp3) is 0.889. The van der Waals surface area contributed by atoms with Crippen molar-refractivity contribution in [3.63, 3.8) is 0 Å². The fourth-order valence-electron chi connectivity index (χ4n) is 0.763. The van der Waals surface area contributed by atoms with Crippen LogP contribution in [-0.4, -0.2) is 30.0 Å². The van der Waals surface area contributed by atoms with Crippen LogP contribution in [0, 0.1) is 0 Å². The summed E-state index contributed by atoms with van der Waals surface area (Å²) in [6.07, 6.45) is 1.86. The van der Waals surface area contributed by atoms with E-state index in [-0.39, 0.29) is 6.42 Å². The Bertz CT molecular complexity index is 236. The molecule has 0 fully saturated rings. The highest BCUT2D eigenvalue weighted by Gasteiger charge is 2.19. The summed E-state index contributed by atoms with van der Waals surface area (Å²) in [5, 5.41) is 8.55. The molecular weight excluding hydrogens is 267 g/mol. The van der Waals surface area contributed by atoms with Gasteiger partial charge in [-0.25, -0.2) is 0 Å². The van der Waals surface area contributed by atoms with E-state index in [1.165, 1.54) is 11.4 Å². The van der Waals surface area contributed by atoms with Gasteiger partial charge in [0.2, 0.25) is 5.69 Å². The highest BCUT2D eigenvalue weighted by atomic mass is 32.9. The van der Waals surface area contributed by atoms with E-state index in [9.17, 15) is 4.79 Å². The Morgan fingerprint density at radius 3 is 2.19 bits per heavy atom. The van der Waals surface area contributed by atoms with Gasteiger partial charge >= 0.3 is 5.97 Å². The molecule has 0 heterocycles. The van der Waals surface area contributed by atoms with Crippen LogP contribution in [-0.2, 0) is 25.6 Å². The van der Waals surface area contributed by atoms with E-state index in [4.69, 9.17) is 26.0 Å². The summed E-state index contributed by atoms with van der Waals surface area (Å²) in [6.45, 7) is 5.14. The van der Waals surface area contributed by atoms with Crippen LogP contribution in [0.15, 0.2) is 0 Å². The fourth-order valence-corrected chi connectivity index (χ4v) is 5.25. The molecule has 0 saturated carbocycles. The lowest BCUT2D eigenvalue weighted by Gasteiger charge is -2.20. The minimum atomic E-state index is -2.32. The topological polar surface area (TPSA) is 55.8 Å². The zero-order chi connectivity index (χ0) is 12.4. The lowest BCUT2D eigenvalue weighted by atomic mass is 10.5. The van der Waals surface area contributed by atoms with Crippen molar-refractivity contribution in [1.82, 2.24) is 0 Å². The molecule has 0 atom stereocenters. The van der Waals surface area contributed by atoms with Gasteiger partial charge in [0, 0.05) is 5.75 Å². The molecule has 0 aliphatic carbocycles. The molecule has 0 aromatic carbocycles. The number of carbonyl (C=O) groups is 1. The second kappa shape index (κ2) is 9.42. The molecule has 0 bridgehead atoms. The van der Waals surface area contributed by atoms with E-state index in [2.05, 4.69) is 0 Å². The lowest BCUT2D eigenvalue weighted by Crippen LogP contribution is -1.99. The van der Waals surface area contributed by atoms with Gasteiger partial charge in [0.05, 0.1) is 19.6 Å². The zero-order valence-corrected chi connectivity index (χ0v) is 12.2. The van der Waals surface area contributed by atoms with Crippen LogP contribution in [0.4, 0.5) is 0 Å². The molecule has 0 unspecified atom stereocenters. The number of hydrogen-bond acceptors (Lipinski definition) is 5. The normalized spacial score (nSPS) is 11.6. The SMILES string of the molecule is CCCOP(=S)(OCCC)SCCC(=O)O. The number of carboxylic acids is 1. The van der Waals surface area contributed by atoms with Crippen molar-refractivity contribution in [1.29, 1.82) is 0 Å². The first-order chi connectivity index (χ1) is 7.54. The number of hydrogen-bond donors (Lipinski definition) is 1.